The van der Waals surface area contributed by atoms with Gasteiger partial charge in [0.1, 0.15) is 0 Å². The minimum Gasteiger partial charge on any atom is -0.198 e. The summed E-state index contributed by atoms with van der Waals surface area (Å²) in [4.78, 5) is 0.808. The number of aryl methyl sites for hydroxylation is 1. The molecule has 114 valence electrons. The molecule has 0 heterocycles. The topological polar surface area (TPSA) is 43.4 Å². The summed E-state index contributed by atoms with van der Waals surface area (Å²) in [5, 5.41) is 0. The van der Waals surface area contributed by atoms with Crippen LogP contribution in [-0.2, 0) is 13.7 Å². The van der Waals surface area contributed by atoms with E-state index in [0.29, 0.717) is 6.42 Å². The molecular formula is C15H24O3S2. The van der Waals surface area contributed by atoms with Gasteiger partial charge < -0.3 is 0 Å². The molecule has 0 unspecified atom stereocenters. The first-order chi connectivity index (χ1) is 9.53. The predicted molar refractivity (Wildman–Crippen MR) is 85.3 cm³/mol. The molecule has 0 fully saturated rings. The van der Waals surface area contributed by atoms with Crippen LogP contribution in [-0.4, -0.2) is 14.2 Å². The summed E-state index contributed by atoms with van der Waals surface area (Å²) in [6.07, 6.45) is 6.36. The molecule has 0 aliphatic heterocycles. The van der Waals surface area contributed by atoms with Crippen molar-refractivity contribution in [3.63, 3.8) is 0 Å². The van der Waals surface area contributed by atoms with Crippen LogP contribution in [0.3, 0.4) is 0 Å². The van der Waals surface area contributed by atoms with E-state index in [2.05, 4.69) is 6.92 Å². The van der Waals surface area contributed by atoms with Crippen LogP contribution in [0.4, 0.5) is 0 Å². The normalized spacial score (nSPS) is 11.7. The fourth-order valence-corrected chi connectivity index (χ4v) is 3.58. The van der Waals surface area contributed by atoms with E-state index in [-0.39, 0.29) is 5.75 Å². The van der Waals surface area contributed by atoms with Gasteiger partial charge in [0.05, 0.1) is 5.75 Å². The molecule has 3 nitrogen and oxygen atoms in total. The van der Waals surface area contributed by atoms with Crippen molar-refractivity contribution < 1.29 is 12.0 Å². The Morgan fingerprint density at radius 2 is 1.60 bits per heavy atom. The standard InChI is InChI=1S/C15H24O3S2/c1-3-4-5-6-7-8-13-20(16,17)18-19-15-11-9-14(2)10-12-15/h9-12H,3-8,13H2,1-2H3. The molecule has 0 amide bonds. The molecule has 0 aliphatic carbocycles. The Morgan fingerprint density at radius 1 is 1.00 bits per heavy atom. The van der Waals surface area contributed by atoms with Gasteiger partial charge in [-0.15, -0.1) is 0 Å². The first-order valence-corrected chi connectivity index (χ1v) is 9.51. The zero-order chi connectivity index (χ0) is 14.8. The van der Waals surface area contributed by atoms with Crippen LogP contribution >= 0.6 is 12.0 Å². The molecule has 0 aliphatic rings. The monoisotopic (exact) mass is 316 g/mol. The van der Waals surface area contributed by atoms with E-state index in [1.165, 1.54) is 19.3 Å². The molecule has 0 bridgehead atoms. The highest BCUT2D eigenvalue weighted by molar-refractivity contribution is 8.04. The maximum atomic E-state index is 11.7. The van der Waals surface area contributed by atoms with E-state index >= 15 is 0 Å². The van der Waals surface area contributed by atoms with Crippen LogP contribution in [0, 0.1) is 6.92 Å². The number of rotatable bonds is 10. The number of hydrogen-bond acceptors (Lipinski definition) is 4. The van der Waals surface area contributed by atoms with Crippen LogP contribution < -0.4 is 0 Å². The molecule has 0 radical (unpaired) electrons. The van der Waals surface area contributed by atoms with E-state index < -0.39 is 10.1 Å². The lowest BCUT2D eigenvalue weighted by atomic mass is 10.1. The number of unbranched alkanes of at least 4 members (excludes halogenated alkanes) is 5. The number of benzene rings is 1. The molecule has 1 aromatic carbocycles. The molecule has 1 rings (SSSR count). The fraction of sp³-hybridized carbons (Fsp3) is 0.600. The smallest absolute Gasteiger partial charge is 0.198 e. The summed E-state index contributed by atoms with van der Waals surface area (Å²) in [5.41, 5.74) is 1.14. The summed E-state index contributed by atoms with van der Waals surface area (Å²) in [6.45, 7) is 4.16. The maximum Gasteiger partial charge on any atom is 0.278 e. The van der Waals surface area contributed by atoms with E-state index in [0.717, 1.165) is 35.3 Å². The first kappa shape index (κ1) is 17.5. The minimum atomic E-state index is -3.42. The molecule has 0 spiro atoms. The van der Waals surface area contributed by atoms with Crippen LogP contribution in [0.15, 0.2) is 29.2 Å². The number of hydrogen-bond donors (Lipinski definition) is 0. The van der Waals surface area contributed by atoms with Gasteiger partial charge in [0.15, 0.2) is 0 Å². The van der Waals surface area contributed by atoms with Gasteiger partial charge in [-0.3, -0.25) is 0 Å². The van der Waals surface area contributed by atoms with E-state index in [9.17, 15) is 8.42 Å². The molecule has 0 aromatic heterocycles. The molecule has 1 aromatic rings. The summed E-state index contributed by atoms with van der Waals surface area (Å²) >= 11 is 0.920. The molecule has 20 heavy (non-hydrogen) atoms. The lowest BCUT2D eigenvalue weighted by Gasteiger charge is -2.04. The van der Waals surface area contributed by atoms with Crippen molar-refractivity contribution in [1.29, 1.82) is 0 Å². The van der Waals surface area contributed by atoms with E-state index in [4.69, 9.17) is 3.63 Å². The van der Waals surface area contributed by atoms with Crippen molar-refractivity contribution in [3.8, 4) is 0 Å². The van der Waals surface area contributed by atoms with Gasteiger partial charge in [0, 0.05) is 16.9 Å². The van der Waals surface area contributed by atoms with Crippen molar-refractivity contribution in [2.24, 2.45) is 0 Å². The average molecular weight is 316 g/mol. The molecule has 0 saturated heterocycles. The zero-order valence-corrected chi connectivity index (χ0v) is 13.9. The van der Waals surface area contributed by atoms with Crippen LogP contribution in [0.25, 0.3) is 0 Å². The van der Waals surface area contributed by atoms with Crippen molar-refractivity contribution in [2.75, 3.05) is 5.75 Å². The van der Waals surface area contributed by atoms with Crippen molar-refractivity contribution >= 4 is 22.2 Å². The van der Waals surface area contributed by atoms with Crippen molar-refractivity contribution in [2.45, 2.75) is 57.3 Å². The van der Waals surface area contributed by atoms with Crippen molar-refractivity contribution in [3.05, 3.63) is 29.8 Å². The predicted octanol–water partition coefficient (Wildman–Crippen LogP) is 4.71. The van der Waals surface area contributed by atoms with Crippen molar-refractivity contribution in [1.82, 2.24) is 0 Å². The van der Waals surface area contributed by atoms with Gasteiger partial charge in [-0.2, -0.15) is 12.0 Å². The molecule has 0 atom stereocenters. The van der Waals surface area contributed by atoms with E-state index in [1.807, 2.05) is 31.2 Å². The molecule has 0 saturated carbocycles. The van der Waals surface area contributed by atoms with Crippen LogP contribution in [0.2, 0.25) is 0 Å². The Hall–Kier alpha value is -0.520. The summed E-state index contributed by atoms with van der Waals surface area (Å²) in [6, 6.07) is 7.60. The highest BCUT2D eigenvalue weighted by Gasteiger charge is 2.12. The molecule has 5 heteroatoms. The third kappa shape index (κ3) is 7.92. The van der Waals surface area contributed by atoms with Gasteiger partial charge in [-0.05, 0) is 25.5 Å². The Labute approximate surface area is 127 Å². The van der Waals surface area contributed by atoms with Gasteiger partial charge in [0.2, 0.25) is 0 Å². The Bertz CT molecular complexity index is 466. The third-order valence-electron chi connectivity index (χ3n) is 3.00. The lowest BCUT2D eigenvalue weighted by molar-refractivity contribution is 0.512. The second-order valence-electron chi connectivity index (χ2n) is 4.99. The van der Waals surface area contributed by atoms with Gasteiger partial charge in [-0.1, -0.05) is 56.7 Å². The van der Waals surface area contributed by atoms with Gasteiger partial charge >= 0.3 is 0 Å². The minimum absolute atomic E-state index is 0.109. The van der Waals surface area contributed by atoms with Crippen LogP contribution in [0.1, 0.15) is 51.0 Å². The maximum absolute atomic E-state index is 11.7. The zero-order valence-electron chi connectivity index (χ0n) is 12.3. The van der Waals surface area contributed by atoms with Gasteiger partial charge in [-0.25, -0.2) is 0 Å². The summed E-state index contributed by atoms with van der Waals surface area (Å²) in [7, 11) is -3.42. The SMILES string of the molecule is CCCCCCCCS(=O)(=O)OSc1ccc(C)cc1. The lowest BCUT2D eigenvalue weighted by Crippen LogP contribution is -2.06. The fourth-order valence-electron chi connectivity index (χ4n) is 1.78. The highest BCUT2D eigenvalue weighted by Crippen LogP contribution is 2.22. The summed E-state index contributed by atoms with van der Waals surface area (Å²) < 4.78 is 28.4. The molecular weight excluding hydrogens is 292 g/mol. The average Bonchev–Trinajstić information content (AvgIpc) is 2.42. The second-order valence-corrected chi connectivity index (χ2v) is 7.70. The largest absolute Gasteiger partial charge is 0.278 e. The Kier molecular flexibility index (Phi) is 8.26. The Balaban J connectivity index is 2.22. The van der Waals surface area contributed by atoms with Crippen LogP contribution in [0.5, 0.6) is 0 Å². The molecule has 0 N–H and O–H groups in total. The Morgan fingerprint density at radius 3 is 2.25 bits per heavy atom. The summed E-state index contributed by atoms with van der Waals surface area (Å²) in [5.74, 6) is 0.109. The second kappa shape index (κ2) is 9.42. The third-order valence-corrected chi connectivity index (χ3v) is 5.36. The first-order valence-electron chi connectivity index (χ1n) is 7.19. The van der Waals surface area contributed by atoms with E-state index in [1.54, 1.807) is 0 Å². The quantitative estimate of drug-likeness (QED) is 0.463. The highest BCUT2D eigenvalue weighted by atomic mass is 32.3. The van der Waals surface area contributed by atoms with Gasteiger partial charge in [0.25, 0.3) is 10.1 Å².